The van der Waals surface area contributed by atoms with Crippen LogP contribution in [0, 0.1) is 11.8 Å². The first-order chi connectivity index (χ1) is 15.6. The molecule has 1 saturated heterocycles. The third-order valence-electron chi connectivity index (χ3n) is 6.86. The zero-order valence-corrected chi connectivity index (χ0v) is 22.0. The number of allylic oxidation sites excluding steroid dienone is 4. The van der Waals surface area contributed by atoms with Crippen molar-refractivity contribution >= 4 is 0 Å². The highest BCUT2D eigenvalue weighted by atomic mass is 16.3. The quantitative estimate of drug-likeness (QED) is 0.436. The highest BCUT2D eigenvalue weighted by Gasteiger charge is 2.16. The molecule has 1 fully saturated rings. The fourth-order valence-electron chi connectivity index (χ4n) is 4.95. The molecule has 0 amide bonds. The minimum absolute atomic E-state index is 0.392. The first-order valence-electron chi connectivity index (χ1n) is 13.5. The van der Waals surface area contributed by atoms with E-state index in [4.69, 9.17) is 0 Å². The normalized spacial score (nSPS) is 17.3. The van der Waals surface area contributed by atoms with Gasteiger partial charge in [0.15, 0.2) is 0 Å². The standard InChI is InChI=1S/C17H28O.C11H17N.C2H6/c1-5-8-14(6-2)13(4)11-16-9-10-17(18)12-15(16)7-3;1-3-7-11(8-4-1)12-9-5-2-6-10-12;1-2/h9-10,12-14,18H,5-8,11H2,1-4H3;1,3,7H,2,4-6,8-10H2;1-2H3. The Bertz CT molecular complexity index is 669. The summed E-state index contributed by atoms with van der Waals surface area (Å²) in [6, 6.07) is 5.84. The molecule has 1 N–H and O–H groups in total. The molecular weight excluding hydrogens is 390 g/mol. The maximum absolute atomic E-state index is 9.54. The molecule has 0 spiro atoms. The molecule has 2 heteroatoms. The SMILES string of the molecule is C1=CCCC(N2CCCCC2)=C1.CC.CCCC(CC)C(C)Cc1ccc(O)cc1CC. The zero-order chi connectivity index (χ0) is 23.8. The van der Waals surface area contributed by atoms with E-state index in [2.05, 4.69) is 56.9 Å². The Morgan fingerprint density at radius 2 is 1.72 bits per heavy atom. The summed E-state index contributed by atoms with van der Waals surface area (Å²) in [7, 11) is 0. The molecule has 1 aliphatic heterocycles. The number of hydrogen-bond acceptors (Lipinski definition) is 2. The Morgan fingerprint density at radius 1 is 1.00 bits per heavy atom. The number of likely N-dealkylation sites (tertiary alicyclic amines) is 1. The predicted octanol–water partition coefficient (Wildman–Crippen LogP) is 8.69. The molecule has 1 aromatic rings. The Balaban J connectivity index is 0.000000315. The molecule has 2 unspecified atom stereocenters. The van der Waals surface area contributed by atoms with E-state index in [0.717, 1.165) is 24.7 Å². The number of benzene rings is 1. The lowest BCUT2D eigenvalue weighted by molar-refractivity contribution is 0.276. The minimum atomic E-state index is 0.392. The molecule has 182 valence electrons. The first-order valence-corrected chi connectivity index (χ1v) is 13.5. The number of piperidine rings is 1. The monoisotopic (exact) mass is 441 g/mol. The topological polar surface area (TPSA) is 23.5 Å². The van der Waals surface area contributed by atoms with Crippen LogP contribution in [0.1, 0.15) is 104 Å². The van der Waals surface area contributed by atoms with Crippen molar-refractivity contribution in [1.82, 2.24) is 4.90 Å². The molecule has 0 saturated carbocycles. The summed E-state index contributed by atoms with van der Waals surface area (Å²) in [5.41, 5.74) is 4.28. The number of rotatable bonds is 8. The Labute approximate surface area is 199 Å². The molecule has 1 aromatic carbocycles. The average Bonchev–Trinajstić information content (AvgIpc) is 2.86. The van der Waals surface area contributed by atoms with Crippen LogP contribution in [-0.2, 0) is 12.8 Å². The van der Waals surface area contributed by atoms with E-state index >= 15 is 0 Å². The molecule has 1 aliphatic carbocycles. The van der Waals surface area contributed by atoms with Gasteiger partial charge in [-0.1, -0.05) is 79.0 Å². The van der Waals surface area contributed by atoms with Gasteiger partial charge in [-0.15, -0.1) is 0 Å². The summed E-state index contributed by atoms with van der Waals surface area (Å²) in [6.07, 6.45) is 19.5. The van der Waals surface area contributed by atoms with Gasteiger partial charge in [0.25, 0.3) is 0 Å². The van der Waals surface area contributed by atoms with Crippen LogP contribution in [-0.4, -0.2) is 23.1 Å². The number of nitrogens with zero attached hydrogens (tertiary/aromatic N) is 1. The Hall–Kier alpha value is -1.70. The molecule has 2 nitrogen and oxygen atoms in total. The van der Waals surface area contributed by atoms with Gasteiger partial charge in [0, 0.05) is 18.8 Å². The van der Waals surface area contributed by atoms with E-state index in [-0.39, 0.29) is 0 Å². The second kappa shape index (κ2) is 16.9. The second-order valence-electron chi connectivity index (χ2n) is 9.12. The van der Waals surface area contributed by atoms with E-state index in [1.54, 1.807) is 5.70 Å². The smallest absolute Gasteiger partial charge is 0.115 e. The number of phenolic OH excluding ortho intramolecular Hbond substituents is 1. The number of phenols is 1. The van der Waals surface area contributed by atoms with Gasteiger partial charge < -0.3 is 10.0 Å². The zero-order valence-electron chi connectivity index (χ0n) is 22.0. The van der Waals surface area contributed by atoms with E-state index < -0.39 is 0 Å². The van der Waals surface area contributed by atoms with Crippen molar-refractivity contribution in [2.75, 3.05) is 13.1 Å². The molecule has 2 atom stereocenters. The fraction of sp³-hybridized carbons (Fsp3) is 0.667. The van der Waals surface area contributed by atoms with Gasteiger partial charge in [-0.3, -0.25) is 0 Å². The van der Waals surface area contributed by atoms with Crippen molar-refractivity contribution in [3.05, 3.63) is 53.3 Å². The molecule has 0 aromatic heterocycles. The number of aryl methyl sites for hydroxylation is 1. The average molecular weight is 442 g/mol. The molecule has 3 rings (SSSR count). The van der Waals surface area contributed by atoms with Crippen molar-refractivity contribution < 1.29 is 5.11 Å². The van der Waals surface area contributed by atoms with Crippen LogP contribution in [0.15, 0.2) is 42.1 Å². The maximum atomic E-state index is 9.54. The summed E-state index contributed by atoms with van der Waals surface area (Å²) in [6.45, 7) is 15.7. The van der Waals surface area contributed by atoms with Gasteiger partial charge in [-0.05, 0) is 86.1 Å². The lowest BCUT2D eigenvalue weighted by Gasteiger charge is -2.31. The fourth-order valence-corrected chi connectivity index (χ4v) is 4.95. The van der Waals surface area contributed by atoms with Gasteiger partial charge in [0.05, 0.1) is 0 Å². The lowest BCUT2D eigenvalue weighted by atomic mass is 9.82. The van der Waals surface area contributed by atoms with E-state index in [1.165, 1.54) is 75.6 Å². The van der Waals surface area contributed by atoms with Crippen molar-refractivity contribution in [2.24, 2.45) is 11.8 Å². The van der Waals surface area contributed by atoms with Gasteiger partial charge in [0.2, 0.25) is 0 Å². The Morgan fingerprint density at radius 3 is 2.28 bits per heavy atom. The molecule has 1 heterocycles. The van der Waals surface area contributed by atoms with E-state index in [0.29, 0.717) is 5.75 Å². The van der Waals surface area contributed by atoms with Crippen LogP contribution < -0.4 is 0 Å². The second-order valence-corrected chi connectivity index (χ2v) is 9.12. The molecule has 0 radical (unpaired) electrons. The van der Waals surface area contributed by atoms with Gasteiger partial charge in [-0.25, -0.2) is 0 Å². The minimum Gasteiger partial charge on any atom is -0.508 e. The van der Waals surface area contributed by atoms with Crippen LogP contribution in [0.3, 0.4) is 0 Å². The van der Waals surface area contributed by atoms with E-state index in [9.17, 15) is 5.11 Å². The Kier molecular flexibility index (Phi) is 14.9. The first kappa shape index (κ1) is 28.3. The summed E-state index contributed by atoms with van der Waals surface area (Å²) in [5.74, 6) is 1.95. The van der Waals surface area contributed by atoms with Crippen LogP contribution in [0.2, 0.25) is 0 Å². The summed E-state index contributed by atoms with van der Waals surface area (Å²) < 4.78 is 0. The van der Waals surface area contributed by atoms with Crippen LogP contribution in [0.4, 0.5) is 0 Å². The molecule has 0 bridgehead atoms. The van der Waals surface area contributed by atoms with E-state index in [1.807, 2.05) is 26.0 Å². The van der Waals surface area contributed by atoms with Gasteiger partial charge in [-0.2, -0.15) is 0 Å². The van der Waals surface area contributed by atoms with Crippen LogP contribution in [0.5, 0.6) is 5.75 Å². The molecule has 2 aliphatic rings. The van der Waals surface area contributed by atoms with Crippen LogP contribution >= 0.6 is 0 Å². The largest absolute Gasteiger partial charge is 0.508 e. The van der Waals surface area contributed by atoms with Crippen LogP contribution in [0.25, 0.3) is 0 Å². The highest BCUT2D eigenvalue weighted by molar-refractivity contribution is 5.35. The third kappa shape index (κ3) is 9.84. The van der Waals surface area contributed by atoms with Gasteiger partial charge in [0.1, 0.15) is 5.75 Å². The predicted molar refractivity (Wildman–Crippen MR) is 142 cm³/mol. The van der Waals surface area contributed by atoms with Crippen molar-refractivity contribution in [2.45, 2.75) is 106 Å². The highest BCUT2D eigenvalue weighted by Crippen LogP contribution is 2.27. The third-order valence-corrected chi connectivity index (χ3v) is 6.86. The summed E-state index contributed by atoms with van der Waals surface area (Å²) in [4.78, 5) is 2.56. The molecule has 32 heavy (non-hydrogen) atoms. The van der Waals surface area contributed by atoms with Crippen molar-refractivity contribution in [3.8, 4) is 5.75 Å². The van der Waals surface area contributed by atoms with Crippen molar-refractivity contribution in [1.29, 1.82) is 0 Å². The number of aromatic hydroxyl groups is 1. The maximum Gasteiger partial charge on any atom is 0.115 e. The summed E-state index contributed by atoms with van der Waals surface area (Å²) >= 11 is 0. The molecular formula is C30H51NO. The van der Waals surface area contributed by atoms with Gasteiger partial charge >= 0.3 is 0 Å². The summed E-state index contributed by atoms with van der Waals surface area (Å²) in [5, 5.41) is 9.54. The van der Waals surface area contributed by atoms with Crippen molar-refractivity contribution in [3.63, 3.8) is 0 Å². The number of hydrogen-bond donors (Lipinski definition) is 1. The lowest BCUT2D eigenvalue weighted by Crippen LogP contribution is -2.29.